The van der Waals surface area contributed by atoms with Crippen molar-refractivity contribution >= 4 is 0 Å². The van der Waals surface area contributed by atoms with E-state index in [1.807, 2.05) is 0 Å². The van der Waals surface area contributed by atoms with E-state index in [2.05, 4.69) is 0 Å². The van der Waals surface area contributed by atoms with Gasteiger partial charge >= 0.3 is 0 Å². The molecule has 6 heteroatoms. The van der Waals surface area contributed by atoms with Crippen molar-refractivity contribution in [3.05, 3.63) is 0 Å². The molecule has 1 aliphatic rings. The van der Waals surface area contributed by atoms with Gasteiger partial charge in [-0.25, -0.2) is 0 Å². The maximum absolute atomic E-state index is 9.43. The van der Waals surface area contributed by atoms with Gasteiger partial charge in [0.1, 0.15) is 24.4 Å². The minimum atomic E-state index is -1.24. The molecule has 1 saturated heterocycles. The van der Waals surface area contributed by atoms with Crippen LogP contribution >= 0.6 is 0 Å². The Bertz CT molecular complexity index is 173. The molecular weight excluding hydrogens is 192 g/mol. The molecule has 5 atom stereocenters. The zero-order valence-electron chi connectivity index (χ0n) is 7.91. The van der Waals surface area contributed by atoms with E-state index in [0.29, 0.717) is 6.61 Å². The Hall–Kier alpha value is -0.240. The quantitative estimate of drug-likeness (QED) is 0.419. The Morgan fingerprint density at radius 3 is 2.50 bits per heavy atom. The molecule has 0 aromatic heterocycles. The van der Waals surface area contributed by atoms with Crippen molar-refractivity contribution in [2.24, 2.45) is 0 Å². The maximum Gasteiger partial charge on any atom is 0.186 e. The van der Waals surface area contributed by atoms with Crippen molar-refractivity contribution in [1.82, 2.24) is 0 Å². The van der Waals surface area contributed by atoms with E-state index in [1.54, 1.807) is 6.92 Å². The predicted molar refractivity (Wildman–Crippen MR) is 45.4 cm³/mol. The molecule has 0 radical (unpaired) electrons. The molecule has 0 aromatic carbocycles. The SMILES string of the molecule is CCO[C@@H]1O[C@H](C(O)CO)[C@H](O)[C@H]1O. The van der Waals surface area contributed by atoms with Gasteiger partial charge in [-0.15, -0.1) is 0 Å². The second-order valence-corrected chi connectivity index (χ2v) is 3.16. The van der Waals surface area contributed by atoms with Gasteiger partial charge in [0.25, 0.3) is 0 Å². The molecule has 6 nitrogen and oxygen atoms in total. The first-order chi connectivity index (χ1) is 6.61. The zero-order valence-corrected chi connectivity index (χ0v) is 7.91. The lowest BCUT2D eigenvalue weighted by atomic mass is 10.1. The van der Waals surface area contributed by atoms with Crippen LogP contribution in [-0.2, 0) is 9.47 Å². The Kier molecular flexibility index (Phi) is 4.24. The van der Waals surface area contributed by atoms with E-state index < -0.39 is 37.3 Å². The summed E-state index contributed by atoms with van der Waals surface area (Å²) in [5.41, 5.74) is 0. The lowest BCUT2D eigenvalue weighted by Gasteiger charge is -2.18. The van der Waals surface area contributed by atoms with E-state index in [9.17, 15) is 15.3 Å². The molecule has 84 valence electrons. The van der Waals surface area contributed by atoms with Gasteiger partial charge in [0, 0.05) is 6.61 Å². The van der Waals surface area contributed by atoms with E-state index in [0.717, 1.165) is 0 Å². The Morgan fingerprint density at radius 2 is 2.00 bits per heavy atom. The number of aliphatic hydroxyl groups excluding tert-OH is 4. The van der Waals surface area contributed by atoms with Crippen LogP contribution in [-0.4, -0.2) is 64.3 Å². The lowest BCUT2D eigenvalue weighted by molar-refractivity contribution is -0.178. The van der Waals surface area contributed by atoms with Crippen LogP contribution in [0.4, 0.5) is 0 Å². The van der Waals surface area contributed by atoms with Gasteiger partial charge in [-0.1, -0.05) is 0 Å². The Morgan fingerprint density at radius 1 is 1.36 bits per heavy atom. The molecule has 0 aliphatic carbocycles. The first-order valence-corrected chi connectivity index (χ1v) is 4.54. The number of aliphatic hydroxyl groups is 4. The summed E-state index contributed by atoms with van der Waals surface area (Å²) in [7, 11) is 0. The third kappa shape index (κ3) is 2.22. The third-order valence-corrected chi connectivity index (χ3v) is 2.15. The summed E-state index contributed by atoms with van der Waals surface area (Å²) in [5.74, 6) is 0. The summed E-state index contributed by atoms with van der Waals surface area (Å²) in [5, 5.41) is 36.7. The van der Waals surface area contributed by atoms with Crippen molar-refractivity contribution in [2.75, 3.05) is 13.2 Å². The molecule has 1 rings (SSSR count). The molecule has 0 saturated carbocycles. The van der Waals surface area contributed by atoms with E-state index in [-0.39, 0.29) is 0 Å². The molecular formula is C8H16O6. The van der Waals surface area contributed by atoms with Crippen LogP contribution in [0.1, 0.15) is 6.92 Å². The number of rotatable bonds is 4. The fourth-order valence-corrected chi connectivity index (χ4v) is 1.40. The Labute approximate surface area is 81.7 Å². The molecule has 0 amide bonds. The van der Waals surface area contributed by atoms with Crippen molar-refractivity contribution in [2.45, 2.75) is 37.6 Å². The highest BCUT2D eigenvalue weighted by Crippen LogP contribution is 2.24. The smallest absolute Gasteiger partial charge is 0.186 e. The van der Waals surface area contributed by atoms with Crippen LogP contribution in [0.2, 0.25) is 0 Å². The summed E-state index contributed by atoms with van der Waals surface area (Å²) < 4.78 is 10.0. The third-order valence-electron chi connectivity index (χ3n) is 2.15. The zero-order chi connectivity index (χ0) is 10.7. The second kappa shape index (κ2) is 5.01. The number of hydrogen-bond acceptors (Lipinski definition) is 6. The summed E-state index contributed by atoms with van der Waals surface area (Å²) in [6.45, 7) is 1.52. The summed E-state index contributed by atoms with van der Waals surface area (Å²) in [4.78, 5) is 0. The topological polar surface area (TPSA) is 99.4 Å². The van der Waals surface area contributed by atoms with E-state index >= 15 is 0 Å². The monoisotopic (exact) mass is 208 g/mol. The van der Waals surface area contributed by atoms with Crippen molar-refractivity contribution < 1.29 is 29.9 Å². The first-order valence-electron chi connectivity index (χ1n) is 4.54. The van der Waals surface area contributed by atoms with Crippen LogP contribution < -0.4 is 0 Å². The van der Waals surface area contributed by atoms with Gasteiger partial charge in [-0.3, -0.25) is 0 Å². The standard InChI is InChI=1S/C8H16O6/c1-2-13-8-6(12)5(11)7(14-8)4(10)3-9/h4-12H,2-3H2,1H3/t4?,5-,6-,7-,8-/m1/s1. The predicted octanol–water partition coefficient (Wildman–Crippen LogP) is -2.18. The molecule has 0 bridgehead atoms. The molecule has 0 aromatic rings. The van der Waals surface area contributed by atoms with E-state index in [1.165, 1.54) is 0 Å². The van der Waals surface area contributed by atoms with Crippen LogP contribution in [0.5, 0.6) is 0 Å². The normalized spacial score (nSPS) is 40.1. The number of hydrogen-bond donors (Lipinski definition) is 4. The minimum absolute atomic E-state index is 0.330. The molecule has 1 heterocycles. The molecule has 0 spiro atoms. The lowest BCUT2D eigenvalue weighted by Crippen LogP contribution is -2.40. The molecule has 14 heavy (non-hydrogen) atoms. The molecule has 1 fully saturated rings. The fourth-order valence-electron chi connectivity index (χ4n) is 1.40. The highest BCUT2D eigenvalue weighted by Gasteiger charge is 2.46. The van der Waals surface area contributed by atoms with Gasteiger partial charge in [0.15, 0.2) is 6.29 Å². The van der Waals surface area contributed by atoms with Crippen LogP contribution in [0, 0.1) is 0 Å². The van der Waals surface area contributed by atoms with Crippen molar-refractivity contribution in [3.63, 3.8) is 0 Å². The summed E-state index contributed by atoms with van der Waals surface area (Å²) in [6.07, 6.45) is -5.60. The van der Waals surface area contributed by atoms with Crippen molar-refractivity contribution in [3.8, 4) is 0 Å². The van der Waals surface area contributed by atoms with Crippen LogP contribution in [0.3, 0.4) is 0 Å². The molecule has 4 N–H and O–H groups in total. The second-order valence-electron chi connectivity index (χ2n) is 3.16. The molecule has 1 unspecified atom stereocenters. The average molecular weight is 208 g/mol. The highest BCUT2D eigenvalue weighted by atomic mass is 16.7. The summed E-state index contributed by atoms with van der Waals surface area (Å²) in [6, 6.07) is 0. The maximum atomic E-state index is 9.43. The first kappa shape index (κ1) is 11.8. The van der Waals surface area contributed by atoms with Gasteiger partial charge in [-0.2, -0.15) is 0 Å². The van der Waals surface area contributed by atoms with Gasteiger partial charge in [0.05, 0.1) is 6.61 Å². The largest absolute Gasteiger partial charge is 0.394 e. The fraction of sp³-hybridized carbons (Fsp3) is 1.00. The molecule has 1 aliphatic heterocycles. The van der Waals surface area contributed by atoms with Gasteiger partial charge in [-0.05, 0) is 6.92 Å². The average Bonchev–Trinajstić information content (AvgIpc) is 2.46. The number of ether oxygens (including phenoxy) is 2. The van der Waals surface area contributed by atoms with Gasteiger partial charge < -0.3 is 29.9 Å². The van der Waals surface area contributed by atoms with Crippen molar-refractivity contribution in [1.29, 1.82) is 0 Å². The van der Waals surface area contributed by atoms with Gasteiger partial charge in [0.2, 0.25) is 0 Å². The highest BCUT2D eigenvalue weighted by molar-refractivity contribution is 4.90. The van der Waals surface area contributed by atoms with Crippen LogP contribution in [0.15, 0.2) is 0 Å². The van der Waals surface area contributed by atoms with E-state index in [4.69, 9.17) is 14.6 Å². The minimum Gasteiger partial charge on any atom is -0.394 e. The van der Waals surface area contributed by atoms with Crippen LogP contribution in [0.25, 0.3) is 0 Å². The summed E-state index contributed by atoms with van der Waals surface area (Å²) >= 11 is 0. The Balaban J connectivity index is 2.57.